The van der Waals surface area contributed by atoms with Crippen LogP contribution in [-0.4, -0.2) is 41.3 Å². The van der Waals surface area contributed by atoms with Crippen LogP contribution in [0.4, 0.5) is 5.69 Å². The first-order valence-corrected chi connectivity index (χ1v) is 9.32. The largest absolute Gasteiger partial charge is 0.478 e. The van der Waals surface area contributed by atoms with E-state index >= 15 is 0 Å². The van der Waals surface area contributed by atoms with Gasteiger partial charge in [-0.1, -0.05) is 0 Å². The molecule has 116 valence electrons. The summed E-state index contributed by atoms with van der Waals surface area (Å²) in [5.41, 5.74) is 0.195. The van der Waals surface area contributed by atoms with Crippen LogP contribution in [-0.2, 0) is 20.8 Å². The highest BCUT2D eigenvalue weighted by Crippen LogP contribution is 2.23. The molecule has 4 N–H and O–H groups in total. The predicted molar refractivity (Wildman–Crippen MR) is 79.3 cm³/mol. The average Bonchev–Trinajstić information content (AvgIpc) is 2.40. The van der Waals surface area contributed by atoms with Crippen LogP contribution in [0.25, 0.3) is 0 Å². The minimum atomic E-state index is -3.95. The van der Waals surface area contributed by atoms with Gasteiger partial charge in [0.05, 0.1) is 10.5 Å². The van der Waals surface area contributed by atoms with Crippen molar-refractivity contribution >= 4 is 32.5 Å². The van der Waals surface area contributed by atoms with E-state index in [1.54, 1.807) is 0 Å². The summed E-state index contributed by atoms with van der Waals surface area (Å²) in [5.74, 6) is -0.0765. The summed E-state index contributed by atoms with van der Waals surface area (Å²) in [6.45, 7) is 0. The number of nitrogens with one attached hydrogen (secondary N) is 1. The van der Waals surface area contributed by atoms with E-state index in [1.807, 2.05) is 0 Å². The third-order valence-corrected chi connectivity index (χ3v) is 5.59. The number of carbonyl (C=O) groups is 1. The molecule has 1 aliphatic heterocycles. The second kappa shape index (κ2) is 6.12. The minimum Gasteiger partial charge on any atom is -0.478 e. The van der Waals surface area contributed by atoms with Crippen LogP contribution in [0.15, 0.2) is 23.1 Å². The molecule has 1 fully saturated rings. The molecular formula is C12H16N2O5S2. The number of aromatic carboxylic acids is 1. The number of rotatable bonds is 4. The van der Waals surface area contributed by atoms with Crippen LogP contribution in [0.1, 0.15) is 23.2 Å². The zero-order chi connectivity index (χ0) is 15.6. The summed E-state index contributed by atoms with van der Waals surface area (Å²) < 4.78 is 33.9. The number of primary sulfonamides is 1. The fourth-order valence-electron chi connectivity index (χ4n) is 2.16. The Labute approximate surface area is 125 Å². The summed E-state index contributed by atoms with van der Waals surface area (Å²) in [4.78, 5) is 11.0. The topological polar surface area (TPSA) is 127 Å². The second-order valence-corrected chi connectivity index (χ2v) is 8.08. The van der Waals surface area contributed by atoms with Crippen molar-refractivity contribution in [2.75, 3.05) is 16.8 Å². The molecule has 0 saturated carbocycles. The summed E-state index contributed by atoms with van der Waals surface area (Å²) in [6, 6.07) is 3.74. The van der Waals surface area contributed by atoms with Gasteiger partial charge in [0.25, 0.3) is 0 Å². The molecule has 1 saturated heterocycles. The first-order chi connectivity index (χ1) is 9.77. The first kappa shape index (κ1) is 15.9. The molecule has 21 heavy (non-hydrogen) atoms. The van der Waals surface area contributed by atoms with Crippen LogP contribution in [0, 0.1) is 0 Å². The number of nitrogens with two attached hydrogens (primary N) is 1. The molecule has 1 aromatic carbocycles. The van der Waals surface area contributed by atoms with E-state index < -0.39 is 26.8 Å². The zero-order valence-corrected chi connectivity index (χ0v) is 12.7. The Balaban J connectivity index is 2.27. The van der Waals surface area contributed by atoms with Gasteiger partial charge in [-0.15, -0.1) is 0 Å². The van der Waals surface area contributed by atoms with Gasteiger partial charge in [-0.05, 0) is 31.0 Å². The maximum Gasteiger partial charge on any atom is 0.337 e. The molecule has 1 aliphatic rings. The Kier molecular flexibility index (Phi) is 4.64. The van der Waals surface area contributed by atoms with Gasteiger partial charge in [-0.3, -0.25) is 4.21 Å². The Bertz CT molecular complexity index is 677. The molecule has 0 atom stereocenters. The van der Waals surface area contributed by atoms with E-state index in [1.165, 1.54) is 12.1 Å². The lowest BCUT2D eigenvalue weighted by Crippen LogP contribution is -2.30. The molecule has 1 aromatic rings. The van der Waals surface area contributed by atoms with Crippen molar-refractivity contribution in [3.63, 3.8) is 0 Å². The van der Waals surface area contributed by atoms with Gasteiger partial charge >= 0.3 is 5.97 Å². The molecule has 7 nitrogen and oxygen atoms in total. The van der Waals surface area contributed by atoms with Gasteiger partial charge in [-0.25, -0.2) is 18.4 Å². The highest BCUT2D eigenvalue weighted by Gasteiger charge is 2.21. The maximum atomic E-state index is 11.3. The van der Waals surface area contributed by atoms with Crippen LogP contribution < -0.4 is 10.5 Å². The van der Waals surface area contributed by atoms with Crippen molar-refractivity contribution in [3.05, 3.63) is 23.8 Å². The minimum absolute atomic E-state index is 0.0288. The lowest BCUT2D eigenvalue weighted by molar-refractivity contribution is 0.0697. The van der Waals surface area contributed by atoms with Crippen LogP contribution in [0.5, 0.6) is 0 Å². The lowest BCUT2D eigenvalue weighted by Gasteiger charge is -2.24. The average molecular weight is 332 g/mol. The Morgan fingerprint density at radius 1 is 1.33 bits per heavy atom. The summed E-state index contributed by atoms with van der Waals surface area (Å²) >= 11 is 0. The predicted octanol–water partition coefficient (Wildman–Crippen LogP) is 0.355. The number of hydrogen-bond donors (Lipinski definition) is 3. The number of carboxylic acids is 1. The molecule has 0 unspecified atom stereocenters. The van der Waals surface area contributed by atoms with Gasteiger partial charge in [0, 0.05) is 34.0 Å². The Morgan fingerprint density at radius 3 is 2.48 bits per heavy atom. The smallest absolute Gasteiger partial charge is 0.337 e. The normalized spacial score (nSPS) is 22.7. The number of hydrogen-bond acceptors (Lipinski definition) is 5. The molecule has 1 heterocycles. The van der Waals surface area contributed by atoms with Crippen molar-refractivity contribution in [3.8, 4) is 0 Å². The number of anilines is 1. The fraction of sp³-hybridized carbons (Fsp3) is 0.417. The molecule has 0 radical (unpaired) electrons. The quantitative estimate of drug-likeness (QED) is 0.730. The number of sulfonamides is 1. The summed E-state index contributed by atoms with van der Waals surface area (Å²) in [6.07, 6.45) is 1.37. The van der Waals surface area contributed by atoms with Gasteiger partial charge in [0.2, 0.25) is 10.0 Å². The van der Waals surface area contributed by atoms with Crippen molar-refractivity contribution in [2.45, 2.75) is 23.8 Å². The number of benzene rings is 1. The second-order valence-electron chi connectivity index (χ2n) is 4.82. The number of carboxylic acid groups (broad SMARTS) is 1. The zero-order valence-electron chi connectivity index (χ0n) is 11.1. The molecular weight excluding hydrogens is 316 g/mol. The van der Waals surface area contributed by atoms with E-state index in [9.17, 15) is 22.5 Å². The van der Waals surface area contributed by atoms with E-state index in [2.05, 4.69) is 5.32 Å². The van der Waals surface area contributed by atoms with Crippen molar-refractivity contribution in [2.24, 2.45) is 5.14 Å². The van der Waals surface area contributed by atoms with Gasteiger partial charge in [0.15, 0.2) is 0 Å². The third-order valence-electron chi connectivity index (χ3n) is 3.30. The molecule has 2 rings (SSSR count). The van der Waals surface area contributed by atoms with Gasteiger partial charge < -0.3 is 10.4 Å². The highest BCUT2D eigenvalue weighted by atomic mass is 32.2. The maximum absolute atomic E-state index is 11.3. The van der Waals surface area contributed by atoms with Gasteiger partial charge in [0.1, 0.15) is 0 Å². The van der Waals surface area contributed by atoms with E-state index in [0.29, 0.717) is 30.0 Å². The van der Waals surface area contributed by atoms with Gasteiger partial charge in [-0.2, -0.15) is 0 Å². The van der Waals surface area contributed by atoms with Crippen molar-refractivity contribution < 1.29 is 22.5 Å². The molecule has 0 bridgehead atoms. The monoisotopic (exact) mass is 332 g/mol. The SMILES string of the molecule is NS(=O)(=O)c1ccc(NC2CCS(=O)CC2)c(C(=O)O)c1. The Morgan fingerprint density at radius 2 is 1.95 bits per heavy atom. The molecule has 0 aromatic heterocycles. The van der Waals surface area contributed by atoms with Crippen molar-refractivity contribution in [1.82, 2.24) is 0 Å². The first-order valence-electron chi connectivity index (χ1n) is 6.29. The van der Waals surface area contributed by atoms with E-state index in [-0.39, 0.29) is 16.5 Å². The molecule has 0 amide bonds. The summed E-state index contributed by atoms with van der Waals surface area (Å²) in [7, 11) is -4.75. The van der Waals surface area contributed by atoms with Crippen LogP contribution >= 0.6 is 0 Å². The third kappa shape index (κ3) is 4.02. The lowest BCUT2D eigenvalue weighted by atomic mass is 10.1. The Hall–Kier alpha value is -1.45. The van der Waals surface area contributed by atoms with E-state index in [0.717, 1.165) is 6.07 Å². The molecule has 0 aliphatic carbocycles. The fourth-order valence-corrected chi connectivity index (χ4v) is 4.00. The van der Waals surface area contributed by atoms with Crippen molar-refractivity contribution in [1.29, 1.82) is 0 Å². The van der Waals surface area contributed by atoms with E-state index in [4.69, 9.17) is 5.14 Å². The molecule has 0 spiro atoms. The highest BCUT2D eigenvalue weighted by molar-refractivity contribution is 7.89. The molecule has 9 heteroatoms. The summed E-state index contributed by atoms with van der Waals surface area (Å²) in [5, 5.41) is 17.3. The van der Waals surface area contributed by atoms with Crippen LogP contribution in [0.3, 0.4) is 0 Å². The van der Waals surface area contributed by atoms with Crippen LogP contribution in [0.2, 0.25) is 0 Å². The standard InChI is InChI=1S/C12H16N2O5S2/c13-21(18,19)9-1-2-11(10(7-9)12(15)16)14-8-3-5-20(17)6-4-8/h1-2,7-8,14H,3-6H2,(H,15,16)(H2,13,18,19).